The summed E-state index contributed by atoms with van der Waals surface area (Å²) in [4.78, 5) is 4.07. The second kappa shape index (κ2) is 10.6. The summed E-state index contributed by atoms with van der Waals surface area (Å²) in [6, 6.07) is 15.7. The summed E-state index contributed by atoms with van der Waals surface area (Å²) in [5, 5.41) is 6.09. The van der Waals surface area contributed by atoms with Gasteiger partial charge in [-0.05, 0) is 29.7 Å². The molecule has 0 spiro atoms. The van der Waals surface area contributed by atoms with Crippen molar-refractivity contribution in [3.05, 3.63) is 71.5 Å². The minimum absolute atomic E-state index is 0.0570. The molecule has 2 rings (SSSR count). The molecule has 0 atom stereocenters. The van der Waals surface area contributed by atoms with Crippen molar-refractivity contribution in [1.82, 2.24) is 15.4 Å². The van der Waals surface area contributed by atoms with Crippen molar-refractivity contribution in [2.45, 2.75) is 13.0 Å². The van der Waals surface area contributed by atoms with Crippen molar-refractivity contribution in [2.24, 2.45) is 4.99 Å². The van der Waals surface area contributed by atoms with Gasteiger partial charge < -0.3 is 10.6 Å². The van der Waals surface area contributed by atoms with E-state index < -0.39 is 10.0 Å². The molecule has 2 aromatic carbocycles. The van der Waals surface area contributed by atoms with Crippen LogP contribution in [-0.2, 0) is 23.0 Å². The van der Waals surface area contributed by atoms with Crippen LogP contribution in [0.2, 0.25) is 0 Å². The molecule has 0 aliphatic rings. The van der Waals surface area contributed by atoms with Gasteiger partial charge in [0.05, 0.1) is 5.75 Å². The highest BCUT2D eigenvalue weighted by molar-refractivity contribution is 7.89. The molecule has 8 heteroatoms. The number of sulfonamides is 1. The molecule has 0 unspecified atom stereocenters. The molecule has 0 amide bonds. The summed E-state index contributed by atoms with van der Waals surface area (Å²) in [6.45, 7) is 1.11. The van der Waals surface area contributed by atoms with Crippen LogP contribution in [0.4, 0.5) is 4.39 Å². The quantitative estimate of drug-likeness (QED) is 0.448. The van der Waals surface area contributed by atoms with E-state index in [0.717, 1.165) is 11.1 Å². The first-order valence-corrected chi connectivity index (χ1v) is 10.3. The largest absolute Gasteiger partial charge is 0.356 e. The zero-order chi connectivity index (χ0) is 19.5. The van der Waals surface area contributed by atoms with E-state index in [1.54, 1.807) is 19.2 Å². The van der Waals surface area contributed by atoms with Gasteiger partial charge >= 0.3 is 0 Å². The summed E-state index contributed by atoms with van der Waals surface area (Å²) >= 11 is 0. The minimum Gasteiger partial charge on any atom is -0.356 e. The van der Waals surface area contributed by atoms with Gasteiger partial charge in [-0.1, -0.05) is 42.5 Å². The van der Waals surface area contributed by atoms with E-state index in [1.807, 2.05) is 30.3 Å². The third-order valence-corrected chi connectivity index (χ3v) is 5.17. The Bertz CT molecular complexity index is 825. The highest BCUT2D eigenvalue weighted by atomic mass is 32.2. The third kappa shape index (κ3) is 8.19. The van der Waals surface area contributed by atoms with Crippen molar-refractivity contribution in [1.29, 1.82) is 0 Å². The van der Waals surface area contributed by atoms with Crippen LogP contribution in [0.15, 0.2) is 59.6 Å². The second-order valence-electron chi connectivity index (χ2n) is 5.93. The van der Waals surface area contributed by atoms with E-state index in [9.17, 15) is 12.8 Å². The second-order valence-corrected chi connectivity index (χ2v) is 7.85. The molecule has 146 valence electrons. The Morgan fingerprint density at radius 1 is 0.963 bits per heavy atom. The van der Waals surface area contributed by atoms with Gasteiger partial charge in [-0.15, -0.1) is 0 Å². The molecule has 6 nitrogen and oxygen atoms in total. The van der Waals surface area contributed by atoms with Gasteiger partial charge in [0.1, 0.15) is 5.82 Å². The van der Waals surface area contributed by atoms with Gasteiger partial charge in [0.2, 0.25) is 10.0 Å². The van der Waals surface area contributed by atoms with Gasteiger partial charge in [0.15, 0.2) is 5.96 Å². The van der Waals surface area contributed by atoms with Crippen LogP contribution in [-0.4, -0.2) is 40.3 Å². The van der Waals surface area contributed by atoms with Crippen molar-refractivity contribution < 1.29 is 12.8 Å². The predicted octanol–water partition coefficient (Wildman–Crippen LogP) is 1.65. The minimum atomic E-state index is -3.38. The Kier molecular flexibility index (Phi) is 8.22. The van der Waals surface area contributed by atoms with Gasteiger partial charge in [-0.3, -0.25) is 4.99 Å². The predicted molar refractivity (Wildman–Crippen MR) is 107 cm³/mol. The maximum atomic E-state index is 12.9. The van der Waals surface area contributed by atoms with Gasteiger partial charge in [0.25, 0.3) is 0 Å². The van der Waals surface area contributed by atoms with E-state index in [2.05, 4.69) is 20.3 Å². The Morgan fingerprint density at radius 2 is 1.63 bits per heavy atom. The summed E-state index contributed by atoms with van der Waals surface area (Å²) in [7, 11) is -1.76. The van der Waals surface area contributed by atoms with Crippen molar-refractivity contribution in [3.63, 3.8) is 0 Å². The van der Waals surface area contributed by atoms with Crippen LogP contribution in [0.3, 0.4) is 0 Å². The summed E-state index contributed by atoms with van der Waals surface area (Å²) in [5.74, 6) is 0.208. The molecular formula is C19H25FN4O2S. The standard InChI is InChI=1S/C19H25FN4O2S/c1-21-19(22-12-11-16-7-9-18(20)10-8-16)23-13-14-27(25,26)24-15-17-5-3-2-4-6-17/h2-10,24H,11-15H2,1H3,(H2,21,22,23). The van der Waals surface area contributed by atoms with Crippen molar-refractivity contribution in [2.75, 3.05) is 25.9 Å². The van der Waals surface area contributed by atoms with Crippen molar-refractivity contribution in [3.8, 4) is 0 Å². The van der Waals surface area contributed by atoms with E-state index in [0.29, 0.717) is 18.9 Å². The van der Waals surface area contributed by atoms with Crippen molar-refractivity contribution >= 4 is 16.0 Å². The van der Waals surface area contributed by atoms with E-state index in [4.69, 9.17) is 0 Å². The molecule has 0 fully saturated rings. The first-order chi connectivity index (χ1) is 13.0. The molecule has 0 radical (unpaired) electrons. The molecule has 0 aromatic heterocycles. The lowest BCUT2D eigenvalue weighted by molar-refractivity contribution is 0.580. The molecular weight excluding hydrogens is 367 g/mol. The lowest BCUT2D eigenvalue weighted by Crippen LogP contribution is -2.41. The molecule has 0 saturated heterocycles. The molecule has 0 bridgehead atoms. The number of benzene rings is 2. The fraction of sp³-hybridized carbons (Fsp3) is 0.316. The van der Waals surface area contributed by atoms with Crippen LogP contribution in [0.25, 0.3) is 0 Å². The third-order valence-electron chi connectivity index (χ3n) is 3.85. The van der Waals surface area contributed by atoms with E-state index in [1.165, 1.54) is 12.1 Å². The Morgan fingerprint density at radius 3 is 2.30 bits per heavy atom. The molecule has 0 heterocycles. The highest BCUT2D eigenvalue weighted by Crippen LogP contribution is 2.02. The number of guanidine groups is 1. The highest BCUT2D eigenvalue weighted by Gasteiger charge is 2.10. The molecule has 2 aromatic rings. The molecule has 0 aliphatic carbocycles. The van der Waals surface area contributed by atoms with E-state index >= 15 is 0 Å². The zero-order valence-electron chi connectivity index (χ0n) is 15.3. The number of halogens is 1. The monoisotopic (exact) mass is 392 g/mol. The fourth-order valence-electron chi connectivity index (χ4n) is 2.36. The topological polar surface area (TPSA) is 82.6 Å². The van der Waals surface area contributed by atoms with Gasteiger partial charge in [-0.25, -0.2) is 17.5 Å². The van der Waals surface area contributed by atoms with Crippen LogP contribution < -0.4 is 15.4 Å². The maximum Gasteiger partial charge on any atom is 0.213 e. The number of hydrogen-bond acceptors (Lipinski definition) is 3. The van der Waals surface area contributed by atoms with Gasteiger partial charge in [0, 0.05) is 26.7 Å². The number of nitrogens with zero attached hydrogens (tertiary/aromatic N) is 1. The molecule has 0 aliphatic heterocycles. The first kappa shape index (κ1) is 20.9. The van der Waals surface area contributed by atoms with Gasteiger partial charge in [-0.2, -0.15) is 0 Å². The van der Waals surface area contributed by atoms with Crippen LogP contribution in [0.1, 0.15) is 11.1 Å². The fourth-order valence-corrected chi connectivity index (χ4v) is 3.26. The van der Waals surface area contributed by atoms with Crippen LogP contribution in [0.5, 0.6) is 0 Å². The Hall–Kier alpha value is -2.45. The molecule has 3 N–H and O–H groups in total. The maximum absolute atomic E-state index is 12.9. The zero-order valence-corrected chi connectivity index (χ0v) is 16.1. The SMILES string of the molecule is CN=C(NCCc1ccc(F)cc1)NCCS(=O)(=O)NCc1ccccc1. The summed E-state index contributed by atoms with van der Waals surface area (Å²) < 4.78 is 39.6. The van der Waals surface area contributed by atoms with E-state index in [-0.39, 0.29) is 24.7 Å². The number of rotatable bonds is 9. The number of hydrogen-bond donors (Lipinski definition) is 3. The Labute approximate surface area is 160 Å². The van der Waals surface area contributed by atoms with Crippen LogP contribution >= 0.6 is 0 Å². The first-order valence-electron chi connectivity index (χ1n) is 8.69. The summed E-state index contributed by atoms with van der Waals surface area (Å²) in [5.41, 5.74) is 1.92. The number of aliphatic imine (C=N–C) groups is 1. The average molecular weight is 393 g/mol. The summed E-state index contributed by atoms with van der Waals surface area (Å²) in [6.07, 6.45) is 0.706. The lowest BCUT2D eigenvalue weighted by Gasteiger charge is -2.12. The van der Waals surface area contributed by atoms with Crippen LogP contribution in [0, 0.1) is 5.82 Å². The molecule has 0 saturated carbocycles. The Balaban J connectivity index is 1.68. The number of nitrogens with one attached hydrogen (secondary N) is 3. The normalized spacial score (nSPS) is 12.0. The lowest BCUT2D eigenvalue weighted by atomic mass is 10.1. The molecule has 27 heavy (non-hydrogen) atoms. The smallest absolute Gasteiger partial charge is 0.213 e. The average Bonchev–Trinajstić information content (AvgIpc) is 2.67.